The monoisotopic (exact) mass is 409 g/mol. The Labute approximate surface area is 175 Å². The van der Waals surface area contributed by atoms with Gasteiger partial charge in [0.1, 0.15) is 0 Å². The van der Waals surface area contributed by atoms with Crippen LogP contribution in [0.25, 0.3) is 10.9 Å². The molecule has 150 valence electrons. The average Bonchev–Trinajstić information content (AvgIpc) is 3.16. The number of piperidine rings is 1. The normalized spacial score (nSPS) is 16.7. The fourth-order valence-corrected chi connectivity index (χ4v) is 4.03. The van der Waals surface area contributed by atoms with Gasteiger partial charge in [0, 0.05) is 41.8 Å². The van der Waals surface area contributed by atoms with E-state index >= 15 is 0 Å². The van der Waals surface area contributed by atoms with Gasteiger partial charge in [-0.25, -0.2) is 0 Å². The van der Waals surface area contributed by atoms with Crippen LogP contribution in [0.15, 0.2) is 54.7 Å². The van der Waals surface area contributed by atoms with Gasteiger partial charge in [0.15, 0.2) is 0 Å². The molecule has 29 heavy (non-hydrogen) atoms. The van der Waals surface area contributed by atoms with Crippen LogP contribution < -0.4 is 5.32 Å². The predicted molar refractivity (Wildman–Crippen MR) is 115 cm³/mol. The Balaban J connectivity index is 1.34. The summed E-state index contributed by atoms with van der Waals surface area (Å²) in [4.78, 5) is 30.5. The van der Waals surface area contributed by atoms with Gasteiger partial charge in [-0.2, -0.15) is 0 Å². The summed E-state index contributed by atoms with van der Waals surface area (Å²) in [5.41, 5.74) is 3.04. The molecule has 0 unspecified atom stereocenters. The molecule has 1 saturated heterocycles. The summed E-state index contributed by atoms with van der Waals surface area (Å²) in [6, 6.07) is 15.4. The van der Waals surface area contributed by atoms with Crippen molar-refractivity contribution < 1.29 is 9.59 Å². The summed E-state index contributed by atoms with van der Waals surface area (Å²) in [7, 11) is 0. The number of rotatable bonds is 5. The fourth-order valence-electron chi connectivity index (χ4n) is 3.91. The summed E-state index contributed by atoms with van der Waals surface area (Å²) < 4.78 is 0. The van der Waals surface area contributed by atoms with Crippen molar-refractivity contribution in [3.8, 4) is 0 Å². The molecule has 6 heteroatoms. The lowest BCUT2D eigenvalue weighted by molar-refractivity contribution is -0.135. The Morgan fingerprint density at radius 1 is 1.14 bits per heavy atom. The van der Waals surface area contributed by atoms with Crippen molar-refractivity contribution >= 4 is 34.3 Å². The second-order valence-electron chi connectivity index (χ2n) is 7.56. The van der Waals surface area contributed by atoms with Crippen LogP contribution in [0.1, 0.15) is 24.0 Å². The highest BCUT2D eigenvalue weighted by atomic mass is 35.5. The lowest BCUT2D eigenvalue weighted by Gasteiger charge is -2.32. The van der Waals surface area contributed by atoms with E-state index in [0.29, 0.717) is 31.1 Å². The third kappa shape index (κ3) is 4.62. The van der Waals surface area contributed by atoms with Gasteiger partial charge < -0.3 is 15.2 Å². The highest BCUT2D eigenvalue weighted by molar-refractivity contribution is 6.30. The van der Waals surface area contributed by atoms with E-state index in [2.05, 4.69) is 10.3 Å². The van der Waals surface area contributed by atoms with E-state index in [1.54, 1.807) is 0 Å². The third-order valence-corrected chi connectivity index (χ3v) is 5.79. The highest BCUT2D eigenvalue weighted by Gasteiger charge is 2.28. The number of likely N-dealkylation sites (tertiary alicyclic amines) is 1. The number of nitrogens with one attached hydrogen (secondary N) is 2. The van der Waals surface area contributed by atoms with Gasteiger partial charge >= 0.3 is 0 Å². The molecule has 1 fully saturated rings. The summed E-state index contributed by atoms with van der Waals surface area (Å²) in [5, 5.41) is 4.75. The molecule has 0 saturated carbocycles. The molecular formula is C23H24ClN3O2. The first-order valence-electron chi connectivity index (χ1n) is 9.95. The molecule has 3 aromatic rings. The Bertz CT molecular complexity index is 1010. The fraction of sp³-hybridized carbons (Fsp3) is 0.304. The van der Waals surface area contributed by atoms with Crippen molar-refractivity contribution in [1.29, 1.82) is 0 Å². The number of carbonyl (C=O) groups is 2. The second kappa shape index (κ2) is 8.70. The van der Waals surface area contributed by atoms with E-state index in [-0.39, 0.29) is 17.7 Å². The first-order chi connectivity index (χ1) is 14.1. The minimum atomic E-state index is -0.164. The maximum atomic E-state index is 12.9. The topological polar surface area (TPSA) is 65.2 Å². The zero-order valence-electron chi connectivity index (χ0n) is 16.2. The first kappa shape index (κ1) is 19.5. The molecule has 1 atom stereocenters. The molecule has 0 bridgehead atoms. The van der Waals surface area contributed by atoms with Crippen LogP contribution in [-0.2, 0) is 22.6 Å². The van der Waals surface area contributed by atoms with E-state index < -0.39 is 0 Å². The van der Waals surface area contributed by atoms with Crippen LogP contribution in [-0.4, -0.2) is 34.8 Å². The van der Waals surface area contributed by atoms with Crippen molar-refractivity contribution in [3.05, 3.63) is 70.9 Å². The Kier molecular flexibility index (Phi) is 5.86. The van der Waals surface area contributed by atoms with E-state index in [9.17, 15) is 9.59 Å². The zero-order chi connectivity index (χ0) is 20.2. The summed E-state index contributed by atoms with van der Waals surface area (Å²) in [6.45, 7) is 1.66. The number of aromatic nitrogens is 1. The van der Waals surface area contributed by atoms with Crippen molar-refractivity contribution in [1.82, 2.24) is 15.2 Å². The quantitative estimate of drug-likeness (QED) is 0.670. The standard InChI is InChI=1S/C23H24ClN3O2/c24-19-9-7-16(8-10-19)13-26-23(29)17-4-3-11-27(15-17)22(28)12-18-14-25-21-6-2-1-5-20(18)21/h1-2,5-10,14,17,25H,3-4,11-13,15H2,(H,26,29)/t17-/m1/s1. The van der Waals surface area contributed by atoms with E-state index in [1.165, 1.54) is 0 Å². The number of amides is 2. The zero-order valence-corrected chi connectivity index (χ0v) is 16.9. The van der Waals surface area contributed by atoms with Gasteiger partial charge in [0.25, 0.3) is 0 Å². The molecule has 0 spiro atoms. The highest BCUT2D eigenvalue weighted by Crippen LogP contribution is 2.21. The lowest BCUT2D eigenvalue weighted by Crippen LogP contribution is -2.45. The average molecular weight is 410 g/mol. The van der Waals surface area contributed by atoms with Crippen molar-refractivity contribution in [2.24, 2.45) is 5.92 Å². The number of aromatic amines is 1. The minimum Gasteiger partial charge on any atom is -0.361 e. The summed E-state index contributed by atoms with van der Waals surface area (Å²) >= 11 is 5.90. The van der Waals surface area contributed by atoms with Crippen molar-refractivity contribution in [2.45, 2.75) is 25.8 Å². The van der Waals surface area contributed by atoms with E-state index in [0.717, 1.165) is 34.9 Å². The van der Waals surface area contributed by atoms with Crippen LogP contribution in [0, 0.1) is 5.92 Å². The minimum absolute atomic E-state index is 0.00421. The second-order valence-corrected chi connectivity index (χ2v) is 8.00. The van der Waals surface area contributed by atoms with Gasteiger partial charge in [0.2, 0.25) is 11.8 Å². The number of nitrogens with zero attached hydrogens (tertiary/aromatic N) is 1. The van der Waals surface area contributed by atoms with Gasteiger partial charge in [-0.1, -0.05) is 41.9 Å². The molecular weight excluding hydrogens is 386 g/mol. The third-order valence-electron chi connectivity index (χ3n) is 5.54. The van der Waals surface area contributed by atoms with Gasteiger partial charge in [-0.05, 0) is 42.2 Å². The van der Waals surface area contributed by atoms with Crippen LogP contribution in [0.5, 0.6) is 0 Å². The molecule has 2 heterocycles. The molecule has 4 rings (SSSR count). The molecule has 0 radical (unpaired) electrons. The van der Waals surface area contributed by atoms with Gasteiger partial charge in [0.05, 0.1) is 12.3 Å². The number of H-pyrrole nitrogens is 1. The van der Waals surface area contributed by atoms with Crippen LogP contribution in [0.3, 0.4) is 0 Å². The maximum absolute atomic E-state index is 12.9. The SMILES string of the molecule is O=C(NCc1ccc(Cl)cc1)[C@@H]1CCCN(C(=O)Cc2c[nH]c3ccccc23)C1. The molecule has 5 nitrogen and oxygen atoms in total. The number of fused-ring (bicyclic) bond motifs is 1. The molecule has 1 aliphatic rings. The van der Waals surface area contributed by atoms with Crippen LogP contribution >= 0.6 is 11.6 Å². The molecule has 2 aromatic carbocycles. The molecule has 2 N–H and O–H groups in total. The molecule has 1 aliphatic heterocycles. The number of carbonyl (C=O) groups excluding carboxylic acids is 2. The van der Waals surface area contributed by atoms with Gasteiger partial charge in [-0.3, -0.25) is 9.59 Å². The maximum Gasteiger partial charge on any atom is 0.227 e. The molecule has 0 aliphatic carbocycles. The number of benzene rings is 2. The van der Waals surface area contributed by atoms with E-state index in [4.69, 9.17) is 11.6 Å². The number of halogens is 1. The molecule has 2 amide bonds. The Morgan fingerprint density at radius 3 is 2.76 bits per heavy atom. The lowest BCUT2D eigenvalue weighted by atomic mass is 9.96. The molecule has 1 aromatic heterocycles. The largest absolute Gasteiger partial charge is 0.361 e. The predicted octanol–water partition coefficient (Wildman–Crippen LogP) is 3.92. The van der Waals surface area contributed by atoms with Crippen LogP contribution in [0.2, 0.25) is 5.02 Å². The van der Waals surface area contributed by atoms with Crippen molar-refractivity contribution in [2.75, 3.05) is 13.1 Å². The number of para-hydroxylation sites is 1. The summed E-state index contributed by atoms with van der Waals surface area (Å²) in [5.74, 6) is -0.0857. The Hall–Kier alpha value is -2.79. The van der Waals surface area contributed by atoms with Crippen LogP contribution in [0.4, 0.5) is 0 Å². The van der Waals surface area contributed by atoms with Gasteiger partial charge in [-0.15, -0.1) is 0 Å². The van der Waals surface area contributed by atoms with Crippen molar-refractivity contribution in [3.63, 3.8) is 0 Å². The smallest absolute Gasteiger partial charge is 0.227 e. The summed E-state index contributed by atoms with van der Waals surface area (Å²) in [6.07, 6.45) is 3.91. The number of hydrogen-bond acceptors (Lipinski definition) is 2. The number of hydrogen-bond donors (Lipinski definition) is 2. The van der Waals surface area contributed by atoms with E-state index in [1.807, 2.05) is 59.6 Å². The Morgan fingerprint density at radius 2 is 1.93 bits per heavy atom. The first-order valence-corrected chi connectivity index (χ1v) is 10.3.